The summed E-state index contributed by atoms with van der Waals surface area (Å²) in [5, 5.41) is 3.10. The second-order valence-corrected chi connectivity index (χ2v) is 5.30. The minimum Gasteiger partial charge on any atom is -0.487 e. The van der Waals surface area contributed by atoms with Crippen LogP contribution < -0.4 is 10.1 Å². The zero-order valence-electron chi connectivity index (χ0n) is 11.1. The van der Waals surface area contributed by atoms with Gasteiger partial charge in [0.1, 0.15) is 12.4 Å². The number of nitrogens with one attached hydrogen (secondary N) is 1. The molecule has 0 atom stereocenters. The topological polar surface area (TPSA) is 34.1 Å². The number of ether oxygens (including phenoxy) is 1. The van der Waals surface area contributed by atoms with E-state index in [1.807, 2.05) is 44.4 Å². The van der Waals surface area contributed by atoms with Crippen molar-refractivity contribution >= 4 is 15.9 Å². The quantitative estimate of drug-likeness (QED) is 0.916. The van der Waals surface area contributed by atoms with Gasteiger partial charge in [-0.05, 0) is 49.4 Å². The summed E-state index contributed by atoms with van der Waals surface area (Å²) in [7, 11) is 1.92. The van der Waals surface area contributed by atoms with Gasteiger partial charge < -0.3 is 10.1 Å². The number of rotatable bonds is 5. The second-order valence-electron chi connectivity index (χ2n) is 4.39. The molecule has 0 unspecified atom stereocenters. The van der Waals surface area contributed by atoms with Crippen molar-refractivity contribution in [2.45, 2.75) is 20.1 Å². The summed E-state index contributed by atoms with van der Waals surface area (Å²) in [6.45, 7) is 3.35. The van der Waals surface area contributed by atoms with Crippen LogP contribution in [-0.4, -0.2) is 12.0 Å². The van der Waals surface area contributed by atoms with Crippen LogP contribution in [0, 0.1) is 6.92 Å². The molecule has 0 fully saturated rings. The van der Waals surface area contributed by atoms with Crippen LogP contribution in [0.4, 0.5) is 0 Å². The normalized spacial score (nSPS) is 10.5. The summed E-state index contributed by atoms with van der Waals surface area (Å²) in [6.07, 6.45) is 1.88. The lowest BCUT2D eigenvalue weighted by Gasteiger charge is -2.09. The number of benzene rings is 1. The maximum absolute atomic E-state index is 5.78. The number of aromatic nitrogens is 1. The number of aryl methyl sites for hydroxylation is 1. The summed E-state index contributed by atoms with van der Waals surface area (Å²) >= 11 is 3.44. The fourth-order valence-electron chi connectivity index (χ4n) is 1.78. The van der Waals surface area contributed by atoms with Gasteiger partial charge in [-0.2, -0.15) is 0 Å². The molecule has 0 bridgehead atoms. The third kappa shape index (κ3) is 4.04. The Morgan fingerprint density at radius 2 is 2.11 bits per heavy atom. The van der Waals surface area contributed by atoms with Gasteiger partial charge in [-0.1, -0.05) is 22.0 Å². The van der Waals surface area contributed by atoms with Crippen molar-refractivity contribution in [3.05, 3.63) is 57.8 Å². The number of nitrogens with zero attached hydrogens (tertiary/aromatic N) is 1. The van der Waals surface area contributed by atoms with E-state index in [1.54, 1.807) is 0 Å². The maximum atomic E-state index is 5.78. The molecule has 0 amide bonds. The predicted molar refractivity (Wildman–Crippen MR) is 80.2 cm³/mol. The van der Waals surface area contributed by atoms with Crippen molar-refractivity contribution in [3.63, 3.8) is 0 Å². The lowest BCUT2D eigenvalue weighted by molar-refractivity contribution is 0.299. The van der Waals surface area contributed by atoms with Gasteiger partial charge in [-0.3, -0.25) is 4.98 Å². The predicted octanol–water partition coefficient (Wildman–Crippen LogP) is 3.45. The molecule has 2 aromatic rings. The smallest absolute Gasteiger partial charge is 0.130 e. The van der Waals surface area contributed by atoms with Crippen LogP contribution in [0.15, 0.2) is 41.0 Å². The summed E-state index contributed by atoms with van der Waals surface area (Å²) in [4.78, 5) is 4.39. The van der Waals surface area contributed by atoms with Crippen molar-refractivity contribution in [2.24, 2.45) is 0 Å². The van der Waals surface area contributed by atoms with Crippen molar-refractivity contribution in [1.29, 1.82) is 0 Å². The minimum absolute atomic E-state index is 0.488. The van der Waals surface area contributed by atoms with E-state index < -0.39 is 0 Å². The van der Waals surface area contributed by atoms with E-state index in [-0.39, 0.29) is 0 Å². The van der Waals surface area contributed by atoms with E-state index in [0.717, 1.165) is 28.0 Å². The molecule has 4 heteroatoms. The average Bonchev–Trinajstić information content (AvgIpc) is 2.40. The first kappa shape index (κ1) is 14.0. The third-order valence-corrected chi connectivity index (χ3v) is 3.27. The summed E-state index contributed by atoms with van der Waals surface area (Å²) in [5.74, 6) is 0.893. The number of pyridine rings is 1. The molecule has 0 saturated carbocycles. The Kier molecular flexibility index (Phi) is 4.93. The highest BCUT2D eigenvalue weighted by atomic mass is 79.9. The van der Waals surface area contributed by atoms with Crippen LogP contribution in [0.1, 0.15) is 16.8 Å². The Labute approximate surface area is 122 Å². The van der Waals surface area contributed by atoms with Crippen molar-refractivity contribution < 1.29 is 4.74 Å². The molecule has 0 aliphatic rings. The Morgan fingerprint density at radius 1 is 1.26 bits per heavy atom. The second kappa shape index (κ2) is 6.68. The zero-order chi connectivity index (χ0) is 13.7. The molecule has 19 heavy (non-hydrogen) atoms. The van der Waals surface area contributed by atoms with E-state index in [0.29, 0.717) is 6.61 Å². The van der Waals surface area contributed by atoms with E-state index in [4.69, 9.17) is 4.74 Å². The first-order valence-corrected chi connectivity index (χ1v) is 6.95. The fourth-order valence-corrected chi connectivity index (χ4v) is 2.25. The van der Waals surface area contributed by atoms with Crippen molar-refractivity contribution in [2.75, 3.05) is 7.05 Å². The number of hydrogen-bond donors (Lipinski definition) is 1. The van der Waals surface area contributed by atoms with Gasteiger partial charge in [-0.15, -0.1) is 0 Å². The molecule has 100 valence electrons. The van der Waals surface area contributed by atoms with Gasteiger partial charge in [0, 0.05) is 17.2 Å². The number of hydrogen-bond acceptors (Lipinski definition) is 3. The molecule has 1 heterocycles. The first-order valence-electron chi connectivity index (χ1n) is 6.16. The summed E-state index contributed by atoms with van der Waals surface area (Å²) in [5.41, 5.74) is 3.22. The highest BCUT2D eigenvalue weighted by Crippen LogP contribution is 2.22. The van der Waals surface area contributed by atoms with Gasteiger partial charge in [-0.25, -0.2) is 0 Å². The molecule has 0 aliphatic heterocycles. The van der Waals surface area contributed by atoms with Crippen LogP contribution in [-0.2, 0) is 13.2 Å². The van der Waals surface area contributed by atoms with Crippen LogP contribution in [0.2, 0.25) is 0 Å². The van der Waals surface area contributed by atoms with Crippen LogP contribution >= 0.6 is 15.9 Å². The van der Waals surface area contributed by atoms with Crippen LogP contribution in [0.3, 0.4) is 0 Å². The van der Waals surface area contributed by atoms with Gasteiger partial charge in [0.05, 0.1) is 5.69 Å². The molecule has 1 aromatic carbocycles. The monoisotopic (exact) mass is 320 g/mol. The Morgan fingerprint density at radius 3 is 2.74 bits per heavy atom. The Balaban J connectivity index is 1.98. The molecule has 3 nitrogen and oxygen atoms in total. The van der Waals surface area contributed by atoms with Gasteiger partial charge in [0.25, 0.3) is 0 Å². The lowest BCUT2D eigenvalue weighted by atomic mass is 10.2. The van der Waals surface area contributed by atoms with E-state index >= 15 is 0 Å². The van der Waals surface area contributed by atoms with Gasteiger partial charge >= 0.3 is 0 Å². The van der Waals surface area contributed by atoms with Crippen molar-refractivity contribution in [3.8, 4) is 5.75 Å². The highest BCUT2D eigenvalue weighted by molar-refractivity contribution is 9.10. The molecular formula is C15H17BrN2O. The fraction of sp³-hybridized carbons (Fsp3) is 0.267. The molecule has 0 radical (unpaired) electrons. The van der Waals surface area contributed by atoms with Gasteiger partial charge in [0.15, 0.2) is 0 Å². The summed E-state index contributed by atoms with van der Waals surface area (Å²) < 4.78 is 6.84. The SMILES string of the molecule is CNCc1ccc(COc2ccc(Br)cc2C)nc1. The largest absolute Gasteiger partial charge is 0.487 e. The number of halogens is 1. The minimum atomic E-state index is 0.488. The van der Waals surface area contributed by atoms with E-state index in [9.17, 15) is 0 Å². The van der Waals surface area contributed by atoms with Crippen LogP contribution in [0.5, 0.6) is 5.75 Å². The molecule has 0 aliphatic carbocycles. The molecule has 1 aromatic heterocycles. The van der Waals surface area contributed by atoms with Crippen LogP contribution in [0.25, 0.3) is 0 Å². The molecule has 2 rings (SSSR count). The standard InChI is InChI=1S/C15H17BrN2O/c1-11-7-13(16)4-6-15(11)19-10-14-5-3-12(8-17-2)9-18-14/h3-7,9,17H,8,10H2,1-2H3. The molecule has 0 spiro atoms. The van der Waals surface area contributed by atoms with E-state index in [2.05, 4.69) is 32.3 Å². The third-order valence-electron chi connectivity index (χ3n) is 2.78. The van der Waals surface area contributed by atoms with Gasteiger partial charge in [0.2, 0.25) is 0 Å². The average molecular weight is 321 g/mol. The maximum Gasteiger partial charge on any atom is 0.130 e. The Hall–Kier alpha value is -1.39. The molecule has 1 N–H and O–H groups in total. The molecular weight excluding hydrogens is 304 g/mol. The first-order chi connectivity index (χ1) is 9.19. The summed E-state index contributed by atoms with van der Waals surface area (Å²) in [6, 6.07) is 10.1. The molecule has 0 saturated heterocycles. The lowest BCUT2D eigenvalue weighted by Crippen LogP contribution is -2.06. The van der Waals surface area contributed by atoms with Crippen molar-refractivity contribution in [1.82, 2.24) is 10.3 Å². The van der Waals surface area contributed by atoms with E-state index in [1.165, 1.54) is 5.56 Å². The highest BCUT2D eigenvalue weighted by Gasteiger charge is 2.02. The zero-order valence-corrected chi connectivity index (χ0v) is 12.7. The Bertz CT molecular complexity index is 540.